The van der Waals surface area contributed by atoms with E-state index in [1.165, 1.54) is 6.92 Å². The average Bonchev–Trinajstić information content (AvgIpc) is 2.24. The van der Waals surface area contributed by atoms with Crippen LogP contribution in [-0.2, 0) is 4.79 Å². The lowest BCUT2D eigenvalue weighted by atomic mass is 10.2. The second-order valence-corrected chi connectivity index (χ2v) is 3.57. The van der Waals surface area contributed by atoms with E-state index in [0.717, 1.165) is 10.3 Å². The molecule has 0 saturated carbocycles. The molecule has 0 bridgehead atoms. The second-order valence-electron chi connectivity index (χ2n) is 3.57. The number of nitrogens with one attached hydrogen (secondary N) is 1. The number of hydrogen-bond donors (Lipinski definition) is 1. The molecule has 2 aromatic rings. The highest BCUT2D eigenvalue weighted by Crippen LogP contribution is 2.08. The standard InChI is InChI=1S/C10H10N4O3/c1-6-3-4-8-9(5-6)14(16)12-10(11)13(8)17-7(2)15/h3-5,11H,1-2H3. The van der Waals surface area contributed by atoms with Gasteiger partial charge in [-0.3, -0.25) is 5.41 Å². The van der Waals surface area contributed by atoms with Gasteiger partial charge in [-0.25, -0.2) is 4.79 Å². The summed E-state index contributed by atoms with van der Waals surface area (Å²) in [6.07, 6.45) is 0. The van der Waals surface area contributed by atoms with Gasteiger partial charge in [-0.05, 0) is 23.4 Å². The van der Waals surface area contributed by atoms with Crippen molar-refractivity contribution in [1.29, 1.82) is 5.41 Å². The van der Waals surface area contributed by atoms with Crippen LogP contribution in [0.3, 0.4) is 0 Å². The Morgan fingerprint density at radius 2 is 2.29 bits per heavy atom. The number of aryl methyl sites for hydroxylation is 1. The lowest BCUT2D eigenvalue weighted by molar-refractivity contribution is -0.645. The van der Waals surface area contributed by atoms with Gasteiger partial charge in [-0.15, -0.1) is 4.73 Å². The molecule has 1 heterocycles. The van der Waals surface area contributed by atoms with Crippen molar-refractivity contribution < 1.29 is 14.5 Å². The fourth-order valence-corrected chi connectivity index (χ4v) is 1.47. The van der Waals surface area contributed by atoms with Crippen molar-refractivity contribution >= 4 is 17.0 Å². The highest BCUT2D eigenvalue weighted by molar-refractivity contribution is 5.73. The Kier molecular flexibility index (Phi) is 2.51. The van der Waals surface area contributed by atoms with Crippen molar-refractivity contribution in [2.75, 3.05) is 0 Å². The number of carbonyl (C=O) groups is 1. The molecule has 2 rings (SSSR count). The molecule has 0 spiro atoms. The average molecular weight is 234 g/mol. The van der Waals surface area contributed by atoms with Crippen LogP contribution < -0.4 is 15.3 Å². The van der Waals surface area contributed by atoms with Gasteiger partial charge < -0.3 is 10.0 Å². The quantitative estimate of drug-likeness (QED) is 0.528. The SMILES string of the molecule is CC(=O)On1c(=N)n[n+]([O-])c2cc(C)ccc21. The van der Waals surface area contributed by atoms with E-state index in [1.807, 2.05) is 6.92 Å². The maximum atomic E-state index is 11.5. The van der Waals surface area contributed by atoms with Crippen molar-refractivity contribution in [3.63, 3.8) is 0 Å². The van der Waals surface area contributed by atoms with Crippen molar-refractivity contribution in [2.24, 2.45) is 0 Å². The van der Waals surface area contributed by atoms with E-state index in [-0.39, 0.29) is 5.52 Å². The molecule has 17 heavy (non-hydrogen) atoms. The van der Waals surface area contributed by atoms with Crippen molar-refractivity contribution in [2.45, 2.75) is 13.8 Å². The van der Waals surface area contributed by atoms with Crippen LogP contribution >= 0.6 is 0 Å². The van der Waals surface area contributed by atoms with Crippen molar-refractivity contribution in [1.82, 2.24) is 9.83 Å². The van der Waals surface area contributed by atoms with E-state index in [1.54, 1.807) is 18.2 Å². The number of rotatable bonds is 1. The zero-order chi connectivity index (χ0) is 12.6. The molecule has 7 heteroatoms. The fraction of sp³-hybridized carbons (Fsp3) is 0.200. The van der Waals surface area contributed by atoms with Crippen LogP contribution in [0.5, 0.6) is 0 Å². The first-order valence-corrected chi connectivity index (χ1v) is 4.86. The summed E-state index contributed by atoms with van der Waals surface area (Å²) < 4.78 is 0.922. The van der Waals surface area contributed by atoms with Crippen LogP contribution in [0.15, 0.2) is 18.2 Å². The fourth-order valence-electron chi connectivity index (χ4n) is 1.47. The number of hydrogen-bond acceptors (Lipinski definition) is 5. The van der Waals surface area contributed by atoms with E-state index in [0.29, 0.717) is 10.4 Å². The molecule has 1 aromatic heterocycles. The summed E-state index contributed by atoms with van der Waals surface area (Å²) >= 11 is 0. The number of aromatic nitrogens is 3. The number of fused-ring (bicyclic) bond motifs is 1. The first-order valence-electron chi connectivity index (χ1n) is 4.86. The Labute approximate surface area is 95.9 Å². The van der Waals surface area contributed by atoms with Crippen LogP contribution in [0.1, 0.15) is 12.5 Å². The minimum atomic E-state index is -0.587. The monoisotopic (exact) mass is 234 g/mol. The molecular weight excluding hydrogens is 224 g/mol. The Bertz CT molecular complexity index is 662. The van der Waals surface area contributed by atoms with E-state index >= 15 is 0 Å². The molecule has 0 saturated heterocycles. The topological polar surface area (TPSA) is 94.9 Å². The van der Waals surface area contributed by atoms with Crippen LogP contribution in [0.4, 0.5) is 0 Å². The minimum absolute atomic E-state index is 0.238. The molecule has 0 aliphatic rings. The third kappa shape index (κ3) is 1.94. The largest absolute Gasteiger partial charge is 0.594 e. The van der Waals surface area contributed by atoms with Gasteiger partial charge in [0.25, 0.3) is 5.52 Å². The lowest BCUT2D eigenvalue weighted by Crippen LogP contribution is -2.45. The van der Waals surface area contributed by atoms with E-state index < -0.39 is 11.6 Å². The molecule has 0 fully saturated rings. The summed E-state index contributed by atoms with van der Waals surface area (Å²) in [4.78, 5) is 16.1. The number of benzene rings is 1. The van der Waals surface area contributed by atoms with Crippen LogP contribution in [-0.4, -0.2) is 15.8 Å². The molecule has 0 radical (unpaired) electrons. The van der Waals surface area contributed by atoms with Crippen molar-refractivity contribution in [3.05, 3.63) is 34.6 Å². The first-order chi connectivity index (χ1) is 7.99. The molecule has 0 amide bonds. The van der Waals surface area contributed by atoms with Gasteiger partial charge in [0.05, 0.1) is 5.10 Å². The highest BCUT2D eigenvalue weighted by atomic mass is 16.7. The molecule has 1 N–H and O–H groups in total. The molecule has 0 unspecified atom stereocenters. The maximum absolute atomic E-state index is 11.5. The van der Waals surface area contributed by atoms with Gasteiger partial charge in [0, 0.05) is 13.0 Å². The molecular formula is C10H10N4O3. The first kappa shape index (κ1) is 11.1. The third-order valence-corrected chi connectivity index (χ3v) is 2.15. The smallest absolute Gasteiger partial charge is 0.330 e. The van der Waals surface area contributed by atoms with Crippen molar-refractivity contribution in [3.8, 4) is 0 Å². The van der Waals surface area contributed by atoms with Crippen LogP contribution in [0, 0.1) is 17.5 Å². The summed E-state index contributed by atoms with van der Waals surface area (Å²) in [5, 5.41) is 22.4. The van der Waals surface area contributed by atoms with Crippen LogP contribution in [0.25, 0.3) is 11.0 Å². The zero-order valence-corrected chi connectivity index (χ0v) is 9.30. The maximum Gasteiger partial charge on any atom is 0.330 e. The normalized spacial score (nSPS) is 10.5. The van der Waals surface area contributed by atoms with Crippen LogP contribution in [0.2, 0.25) is 0 Å². The Hall–Kier alpha value is -2.44. The molecule has 1 aromatic carbocycles. The Morgan fingerprint density at radius 1 is 1.59 bits per heavy atom. The van der Waals surface area contributed by atoms with Gasteiger partial charge in [0.2, 0.25) is 0 Å². The minimum Gasteiger partial charge on any atom is -0.594 e. The third-order valence-electron chi connectivity index (χ3n) is 2.15. The number of carbonyl (C=O) groups excluding carboxylic acids is 1. The summed E-state index contributed by atoms with van der Waals surface area (Å²) in [6, 6.07) is 4.96. The molecule has 0 aliphatic carbocycles. The summed E-state index contributed by atoms with van der Waals surface area (Å²) in [5.74, 6) is -0.587. The predicted octanol–water partition coefficient (Wildman–Crippen LogP) is -0.567. The van der Waals surface area contributed by atoms with Gasteiger partial charge in [0.1, 0.15) is 0 Å². The van der Waals surface area contributed by atoms with E-state index in [2.05, 4.69) is 5.10 Å². The molecule has 0 aliphatic heterocycles. The Morgan fingerprint density at radius 3 is 2.94 bits per heavy atom. The van der Waals surface area contributed by atoms with Gasteiger partial charge in [-0.2, -0.15) is 0 Å². The van der Waals surface area contributed by atoms with Gasteiger partial charge in [0.15, 0.2) is 5.52 Å². The lowest BCUT2D eigenvalue weighted by Gasteiger charge is -2.07. The zero-order valence-electron chi connectivity index (χ0n) is 9.30. The Balaban J connectivity index is 2.83. The molecule has 0 atom stereocenters. The second kappa shape index (κ2) is 3.85. The number of nitrogens with zero attached hydrogens (tertiary/aromatic N) is 3. The van der Waals surface area contributed by atoms with Gasteiger partial charge in [-0.1, -0.05) is 6.07 Å². The summed E-state index contributed by atoms with van der Waals surface area (Å²) in [6.45, 7) is 3.04. The van der Waals surface area contributed by atoms with Gasteiger partial charge >= 0.3 is 11.6 Å². The van der Waals surface area contributed by atoms with E-state index in [4.69, 9.17) is 10.2 Å². The molecule has 7 nitrogen and oxygen atoms in total. The summed E-state index contributed by atoms with van der Waals surface area (Å²) in [5.41, 5.74) is 0.991. The highest BCUT2D eigenvalue weighted by Gasteiger charge is 2.14. The molecule has 88 valence electrons. The predicted molar refractivity (Wildman–Crippen MR) is 56.5 cm³/mol. The van der Waals surface area contributed by atoms with E-state index in [9.17, 15) is 10.0 Å². The summed E-state index contributed by atoms with van der Waals surface area (Å²) in [7, 11) is 0.